The van der Waals surface area contributed by atoms with E-state index in [0.29, 0.717) is 6.54 Å². The molecular weight excluding hydrogens is 266 g/mol. The third-order valence-electron chi connectivity index (χ3n) is 3.90. The first-order valence-corrected chi connectivity index (χ1v) is 7.32. The Morgan fingerprint density at radius 1 is 1.29 bits per heavy atom. The maximum Gasteiger partial charge on any atom is 0.119 e. The van der Waals surface area contributed by atoms with Gasteiger partial charge in [-0.25, -0.2) is 0 Å². The van der Waals surface area contributed by atoms with Gasteiger partial charge in [-0.3, -0.25) is 9.88 Å². The maximum atomic E-state index is 10.4. The van der Waals surface area contributed by atoms with Crippen molar-refractivity contribution in [1.82, 2.24) is 15.2 Å². The lowest BCUT2D eigenvalue weighted by atomic mass is 10.1. The van der Waals surface area contributed by atoms with E-state index >= 15 is 0 Å². The predicted molar refractivity (Wildman–Crippen MR) is 82.6 cm³/mol. The van der Waals surface area contributed by atoms with Crippen molar-refractivity contribution in [1.29, 1.82) is 0 Å². The normalized spacial score (nSPS) is 17.8. The van der Waals surface area contributed by atoms with Crippen LogP contribution in [0.15, 0.2) is 30.3 Å². The minimum Gasteiger partial charge on any atom is -0.497 e. The molecule has 112 valence electrons. The molecule has 1 atom stereocenters. The van der Waals surface area contributed by atoms with Gasteiger partial charge in [0.05, 0.1) is 18.3 Å². The van der Waals surface area contributed by atoms with Crippen LogP contribution >= 0.6 is 0 Å². The average molecular weight is 287 g/mol. The van der Waals surface area contributed by atoms with Gasteiger partial charge in [0.1, 0.15) is 11.9 Å². The molecule has 2 N–H and O–H groups in total. The molecule has 0 bridgehead atoms. The molecule has 1 aliphatic rings. The zero-order valence-corrected chi connectivity index (χ0v) is 12.2. The van der Waals surface area contributed by atoms with Gasteiger partial charge < -0.3 is 15.2 Å². The Bertz CT molecular complexity index is 611. The summed E-state index contributed by atoms with van der Waals surface area (Å²) in [7, 11) is 1.65. The van der Waals surface area contributed by atoms with Crippen molar-refractivity contribution in [2.45, 2.75) is 6.10 Å². The number of aromatic nitrogens is 1. The number of benzene rings is 1. The SMILES string of the molecule is COc1ccc2nc([C@H](O)CN3CCNCC3)ccc2c1. The molecule has 1 fully saturated rings. The van der Waals surface area contributed by atoms with Gasteiger partial charge in [-0.15, -0.1) is 0 Å². The van der Waals surface area contributed by atoms with Crippen LogP contribution in [0.5, 0.6) is 5.75 Å². The molecule has 5 nitrogen and oxygen atoms in total. The van der Waals surface area contributed by atoms with Crippen LogP contribution in [0.4, 0.5) is 0 Å². The number of rotatable bonds is 4. The van der Waals surface area contributed by atoms with Gasteiger partial charge >= 0.3 is 0 Å². The van der Waals surface area contributed by atoms with E-state index in [1.807, 2.05) is 30.3 Å². The van der Waals surface area contributed by atoms with Crippen molar-refractivity contribution in [3.63, 3.8) is 0 Å². The van der Waals surface area contributed by atoms with Crippen molar-refractivity contribution in [3.8, 4) is 5.75 Å². The van der Waals surface area contributed by atoms with Crippen LogP contribution in [0.1, 0.15) is 11.8 Å². The molecule has 0 saturated carbocycles. The van der Waals surface area contributed by atoms with Crippen LogP contribution in [-0.2, 0) is 0 Å². The average Bonchev–Trinajstić information content (AvgIpc) is 2.54. The molecule has 0 amide bonds. The fourth-order valence-corrected chi connectivity index (χ4v) is 2.66. The summed E-state index contributed by atoms with van der Waals surface area (Å²) < 4.78 is 5.21. The molecular formula is C16H21N3O2. The van der Waals surface area contributed by atoms with Gasteiger partial charge in [-0.05, 0) is 24.3 Å². The Balaban J connectivity index is 1.76. The minimum absolute atomic E-state index is 0.547. The van der Waals surface area contributed by atoms with Crippen LogP contribution in [-0.4, -0.2) is 54.8 Å². The fraction of sp³-hybridized carbons (Fsp3) is 0.438. The first-order chi connectivity index (χ1) is 10.3. The molecule has 1 saturated heterocycles. The highest BCUT2D eigenvalue weighted by Crippen LogP contribution is 2.22. The number of β-amino-alcohol motifs (C(OH)–C–C–N with tert-alkyl or cyclic N) is 1. The molecule has 2 heterocycles. The van der Waals surface area contributed by atoms with Gasteiger partial charge in [0.25, 0.3) is 0 Å². The van der Waals surface area contributed by atoms with Gasteiger partial charge in [-0.1, -0.05) is 6.07 Å². The van der Waals surface area contributed by atoms with Crippen molar-refractivity contribution in [2.75, 3.05) is 39.8 Å². The van der Waals surface area contributed by atoms with E-state index in [4.69, 9.17) is 4.74 Å². The van der Waals surface area contributed by atoms with Crippen LogP contribution in [0.3, 0.4) is 0 Å². The largest absolute Gasteiger partial charge is 0.497 e. The number of methoxy groups -OCH3 is 1. The number of hydrogen-bond donors (Lipinski definition) is 2. The Morgan fingerprint density at radius 3 is 2.86 bits per heavy atom. The van der Waals surface area contributed by atoms with E-state index in [-0.39, 0.29) is 0 Å². The van der Waals surface area contributed by atoms with E-state index in [1.165, 1.54) is 0 Å². The van der Waals surface area contributed by atoms with E-state index in [9.17, 15) is 5.11 Å². The molecule has 1 aliphatic heterocycles. The minimum atomic E-state index is -0.547. The topological polar surface area (TPSA) is 57.6 Å². The molecule has 2 aromatic rings. The summed E-state index contributed by atoms with van der Waals surface area (Å²) in [6.07, 6.45) is -0.547. The summed E-state index contributed by atoms with van der Waals surface area (Å²) in [5, 5.41) is 14.7. The summed E-state index contributed by atoms with van der Waals surface area (Å²) >= 11 is 0. The molecule has 1 aromatic carbocycles. The second-order valence-electron chi connectivity index (χ2n) is 5.36. The summed E-state index contributed by atoms with van der Waals surface area (Å²) in [6.45, 7) is 4.55. The lowest BCUT2D eigenvalue weighted by Crippen LogP contribution is -2.45. The monoisotopic (exact) mass is 287 g/mol. The Morgan fingerprint density at radius 2 is 2.10 bits per heavy atom. The van der Waals surface area contributed by atoms with E-state index in [1.54, 1.807) is 7.11 Å². The van der Waals surface area contributed by atoms with Crippen LogP contribution in [0, 0.1) is 0 Å². The molecule has 0 aliphatic carbocycles. The molecule has 3 rings (SSSR count). The fourth-order valence-electron chi connectivity index (χ4n) is 2.66. The molecule has 0 unspecified atom stereocenters. The Labute approximate surface area is 124 Å². The maximum absolute atomic E-state index is 10.4. The first kappa shape index (κ1) is 14.3. The van der Waals surface area contributed by atoms with Gasteiger partial charge in [0.2, 0.25) is 0 Å². The van der Waals surface area contributed by atoms with Crippen LogP contribution in [0.2, 0.25) is 0 Å². The molecule has 0 radical (unpaired) electrons. The van der Waals surface area contributed by atoms with Crippen molar-refractivity contribution in [3.05, 3.63) is 36.0 Å². The molecule has 21 heavy (non-hydrogen) atoms. The molecule has 0 spiro atoms. The number of aliphatic hydroxyl groups excluding tert-OH is 1. The van der Waals surface area contributed by atoms with Crippen LogP contribution in [0.25, 0.3) is 10.9 Å². The van der Waals surface area contributed by atoms with Gasteiger partial charge in [0.15, 0.2) is 0 Å². The highest BCUT2D eigenvalue weighted by atomic mass is 16.5. The third kappa shape index (κ3) is 3.32. The predicted octanol–water partition coefficient (Wildman–Crippen LogP) is 1.18. The first-order valence-electron chi connectivity index (χ1n) is 7.32. The second kappa shape index (κ2) is 6.39. The Hall–Kier alpha value is -1.69. The number of nitrogens with zero attached hydrogens (tertiary/aromatic N) is 2. The summed E-state index contributed by atoms with van der Waals surface area (Å²) in [4.78, 5) is 6.83. The Kier molecular flexibility index (Phi) is 4.34. The van der Waals surface area contributed by atoms with Crippen molar-refractivity contribution < 1.29 is 9.84 Å². The van der Waals surface area contributed by atoms with Gasteiger partial charge in [0, 0.05) is 38.1 Å². The van der Waals surface area contributed by atoms with Crippen LogP contribution < -0.4 is 10.1 Å². The number of aliphatic hydroxyl groups is 1. The number of hydrogen-bond acceptors (Lipinski definition) is 5. The number of pyridine rings is 1. The zero-order chi connectivity index (χ0) is 14.7. The van der Waals surface area contributed by atoms with E-state index in [2.05, 4.69) is 15.2 Å². The van der Waals surface area contributed by atoms with Crippen molar-refractivity contribution >= 4 is 10.9 Å². The number of ether oxygens (including phenoxy) is 1. The third-order valence-corrected chi connectivity index (χ3v) is 3.90. The summed E-state index contributed by atoms with van der Waals surface area (Å²) in [5.41, 5.74) is 1.61. The highest BCUT2D eigenvalue weighted by molar-refractivity contribution is 5.80. The summed E-state index contributed by atoms with van der Waals surface area (Å²) in [6, 6.07) is 9.65. The standard InChI is InChI=1S/C16H21N3O2/c1-21-13-3-5-14-12(10-13)2-4-15(18-14)16(20)11-19-8-6-17-7-9-19/h2-5,10,16-17,20H,6-9,11H2,1H3/t16-/m1/s1. The lowest BCUT2D eigenvalue weighted by Gasteiger charge is -2.28. The van der Waals surface area contributed by atoms with E-state index < -0.39 is 6.10 Å². The zero-order valence-electron chi connectivity index (χ0n) is 12.2. The summed E-state index contributed by atoms with van der Waals surface area (Å²) in [5.74, 6) is 0.818. The number of piperazine rings is 1. The quantitative estimate of drug-likeness (QED) is 0.884. The lowest BCUT2D eigenvalue weighted by molar-refractivity contribution is 0.103. The van der Waals surface area contributed by atoms with E-state index in [0.717, 1.165) is 48.5 Å². The van der Waals surface area contributed by atoms with Gasteiger partial charge in [-0.2, -0.15) is 0 Å². The second-order valence-corrected chi connectivity index (χ2v) is 5.36. The number of nitrogens with one attached hydrogen (secondary N) is 1. The number of fused-ring (bicyclic) bond motifs is 1. The van der Waals surface area contributed by atoms with Crippen molar-refractivity contribution in [2.24, 2.45) is 0 Å². The smallest absolute Gasteiger partial charge is 0.119 e. The highest BCUT2D eigenvalue weighted by Gasteiger charge is 2.16. The molecule has 5 heteroatoms. The molecule has 1 aromatic heterocycles.